The first kappa shape index (κ1) is 17.6. The van der Waals surface area contributed by atoms with Gasteiger partial charge in [0.1, 0.15) is 22.1 Å². The maximum absolute atomic E-state index is 13.9. The van der Waals surface area contributed by atoms with E-state index in [1.54, 1.807) is 0 Å². The molecule has 2 amide bonds. The van der Waals surface area contributed by atoms with Crippen molar-refractivity contribution in [3.63, 3.8) is 0 Å². The number of benzene rings is 1. The molecule has 1 unspecified atom stereocenters. The predicted octanol–water partition coefficient (Wildman–Crippen LogP) is 2.35. The fourth-order valence-electron chi connectivity index (χ4n) is 2.01. The van der Waals surface area contributed by atoms with Crippen LogP contribution in [-0.2, 0) is 4.84 Å². The summed E-state index contributed by atoms with van der Waals surface area (Å²) in [6, 6.07) is 2.64. The second-order valence-corrected chi connectivity index (χ2v) is 6.01. The summed E-state index contributed by atoms with van der Waals surface area (Å²) in [4.78, 5) is 17.2. The Morgan fingerprint density at radius 2 is 2.26 bits per heavy atom. The van der Waals surface area contributed by atoms with Gasteiger partial charge in [0.05, 0.1) is 7.11 Å². The van der Waals surface area contributed by atoms with Crippen molar-refractivity contribution >= 4 is 22.8 Å². The molecule has 0 aromatic heterocycles. The highest BCUT2D eigenvalue weighted by atomic mass is 32.2. The summed E-state index contributed by atoms with van der Waals surface area (Å²) >= 11 is 1.20. The van der Waals surface area contributed by atoms with Crippen molar-refractivity contribution < 1.29 is 18.4 Å². The number of hydroxylamine groups is 2. The number of hydrazone groups is 1. The van der Waals surface area contributed by atoms with E-state index >= 15 is 0 Å². The number of halogens is 2. The Bertz CT molecular complexity index is 614. The molecule has 2 N–H and O–H groups in total. The third kappa shape index (κ3) is 3.98. The average Bonchev–Trinajstić information content (AvgIpc) is 2.97. The average molecular weight is 344 g/mol. The molecule has 0 fully saturated rings. The molecule has 0 saturated heterocycles. The molecule has 1 atom stereocenters. The lowest BCUT2D eigenvalue weighted by Gasteiger charge is -2.24. The van der Waals surface area contributed by atoms with Crippen LogP contribution in [0.25, 0.3) is 0 Å². The highest BCUT2D eigenvalue weighted by molar-refractivity contribution is 8.15. The topological polar surface area (TPSA) is 71.2 Å². The van der Waals surface area contributed by atoms with Crippen LogP contribution in [0.15, 0.2) is 23.3 Å². The van der Waals surface area contributed by atoms with Gasteiger partial charge in [-0.25, -0.2) is 18.6 Å². The van der Waals surface area contributed by atoms with Crippen LogP contribution in [0.3, 0.4) is 0 Å². The number of carbonyl (C=O) groups is 1. The van der Waals surface area contributed by atoms with Crippen molar-refractivity contribution in [1.82, 2.24) is 10.1 Å². The van der Waals surface area contributed by atoms with E-state index in [1.165, 1.54) is 30.9 Å². The number of amides is 2. The fourth-order valence-corrected chi connectivity index (χ4v) is 3.20. The minimum atomic E-state index is -0.593. The van der Waals surface area contributed by atoms with Gasteiger partial charge in [-0.3, -0.25) is 4.84 Å². The van der Waals surface area contributed by atoms with E-state index in [1.807, 2.05) is 0 Å². The Morgan fingerprint density at radius 3 is 2.91 bits per heavy atom. The first-order valence-corrected chi connectivity index (χ1v) is 7.87. The van der Waals surface area contributed by atoms with E-state index in [4.69, 9.17) is 10.6 Å². The summed E-state index contributed by atoms with van der Waals surface area (Å²) in [5.74, 6) is -1.16. The van der Waals surface area contributed by atoms with Crippen molar-refractivity contribution in [3.05, 3.63) is 35.4 Å². The largest absolute Gasteiger partial charge is 0.365 e. The van der Waals surface area contributed by atoms with Crippen LogP contribution in [0, 0.1) is 11.6 Å². The van der Waals surface area contributed by atoms with Gasteiger partial charge in [0.15, 0.2) is 0 Å². The first-order valence-electron chi connectivity index (χ1n) is 6.99. The van der Waals surface area contributed by atoms with Crippen molar-refractivity contribution in [1.29, 1.82) is 0 Å². The highest BCUT2D eigenvalue weighted by Gasteiger charge is 2.35. The highest BCUT2D eigenvalue weighted by Crippen LogP contribution is 2.34. The number of urea groups is 1. The molecule has 2 rings (SSSR count). The second-order valence-electron chi connectivity index (χ2n) is 4.84. The lowest BCUT2D eigenvalue weighted by Crippen LogP contribution is -2.40. The summed E-state index contributed by atoms with van der Waals surface area (Å²) in [6.45, 7) is 0.461. The molecular weight excluding hydrogens is 326 g/mol. The molecule has 6 nitrogen and oxygen atoms in total. The van der Waals surface area contributed by atoms with Gasteiger partial charge >= 0.3 is 6.03 Å². The molecule has 1 aromatic carbocycles. The zero-order valence-electron chi connectivity index (χ0n) is 12.8. The number of nitrogens with zero attached hydrogens (tertiary/aromatic N) is 3. The minimum Gasteiger partial charge on any atom is -0.330 e. The van der Waals surface area contributed by atoms with E-state index in [2.05, 4.69) is 5.10 Å². The number of hydrogen-bond acceptors (Lipinski definition) is 5. The molecule has 23 heavy (non-hydrogen) atoms. The van der Waals surface area contributed by atoms with Crippen LogP contribution in [0.4, 0.5) is 13.6 Å². The Hall–Kier alpha value is -1.71. The van der Waals surface area contributed by atoms with Gasteiger partial charge in [0.2, 0.25) is 0 Å². The summed E-state index contributed by atoms with van der Waals surface area (Å²) in [5.41, 5.74) is 5.54. The van der Waals surface area contributed by atoms with Crippen molar-refractivity contribution in [2.24, 2.45) is 10.8 Å². The Balaban J connectivity index is 2.30. The molecule has 1 aliphatic rings. The van der Waals surface area contributed by atoms with Gasteiger partial charge < -0.3 is 5.73 Å². The minimum absolute atomic E-state index is 0.0307. The molecule has 0 saturated carbocycles. The third-order valence-corrected chi connectivity index (χ3v) is 4.50. The van der Waals surface area contributed by atoms with Gasteiger partial charge in [-0.15, -0.1) is 0 Å². The van der Waals surface area contributed by atoms with Crippen LogP contribution < -0.4 is 5.73 Å². The van der Waals surface area contributed by atoms with Gasteiger partial charge in [-0.2, -0.15) is 10.1 Å². The Kier molecular flexibility index (Phi) is 5.91. The van der Waals surface area contributed by atoms with Crippen molar-refractivity contribution in [2.75, 3.05) is 20.7 Å². The SMILES string of the molecule is CON(C)C(=O)N1N=C(c2cc(F)ccc2F)SC1CCCN. The van der Waals surface area contributed by atoms with Crippen molar-refractivity contribution in [3.8, 4) is 0 Å². The van der Waals surface area contributed by atoms with E-state index in [0.29, 0.717) is 19.4 Å². The molecule has 1 heterocycles. The van der Waals surface area contributed by atoms with E-state index in [0.717, 1.165) is 23.3 Å². The van der Waals surface area contributed by atoms with Gasteiger partial charge in [-0.1, -0.05) is 11.8 Å². The zero-order valence-corrected chi connectivity index (χ0v) is 13.6. The fraction of sp³-hybridized carbons (Fsp3) is 0.429. The number of nitrogens with two attached hydrogens (primary N) is 1. The second kappa shape index (κ2) is 7.71. The van der Waals surface area contributed by atoms with E-state index in [9.17, 15) is 13.6 Å². The quantitative estimate of drug-likeness (QED) is 0.833. The lowest BCUT2D eigenvalue weighted by molar-refractivity contribution is -0.0765. The maximum atomic E-state index is 13.9. The standard InChI is InChI=1S/C14H18F2N4O2S/c1-19(22-2)14(21)20-12(4-3-7-17)23-13(18-20)10-8-9(15)5-6-11(10)16/h5-6,8,12H,3-4,7,17H2,1-2H3. The van der Waals surface area contributed by atoms with Crippen LogP contribution in [0.2, 0.25) is 0 Å². The predicted molar refractivity (Wildman–Crippen MR) is 84.6 cm³/mol. The Morgan fingerprint density at radius 1 is 1.52 bits per heavy atom. The normalized spacial score (nSPS) is 17.3. The summed E-state index contributed by atoms with van der Waals surface area (Å²) in [6.07, 6.45) is 1.25. The molecule has 1 aromatic rings. The smallest absolute Gasteiger partial charge is 0.330 e. The van der Waals surface area contributed by atoms with Crippen LogP contribution in [0.1, 0.15) is 18.4 Å². The number of thioether (sulfide) groups is 1. The van der Waals surface area contributed by atoms with Gasteiger partial charge in [0, 0.05) is 12.6 Å². The number of rotatable bonds is 5. The van der Waals surface area contributed by atoms with E-state index < -0.39 is 17.7 Å². The molecule has 9 heteroatoms. The lowest BCUT2D eigenvalue weighted by atomic mass is 10.2. The monoisotopic (exact) mass is 344 g/mol. The van der Waals surface area contributed by atoms with Gasteiger partial charge in [0.25, 0.3) is 0 Å². The molecule has 0 bridgehead atoms. The Labute approximate surface area is 137 Å². The summed E-state index contributed by atoms with van der Waals surface area (Å²) < 4.78 is 27.3. The molecule has 126 valence electrons. The molecular formula is C14H18F2N4O2S. The molecule has 1 aliphatic heterocycles. The summed E-state index contributed by atoms with van der Waals surface area (Å²) in [7, 11) is 2.80. The summed E-state index contributed by atoms with van der Waals surface area (Å²) in [5, 5.41) is 6.29. The van der Waals surface area contributed by atoms with Crippen LogP contribution in [-0.4, -0.2) is 47.2 Å². The number of carbonyl (C=O) groups excluding carboxylic acids is 1. The van der Waals surface area contributed by atoms with Crippen molar-refractivity contribution in [2.45, 2.75) is 18.2 Å². The zero-order chi connectivity index (χ0) is 17.0. The van der Waals surface area contributed by atoms with Crippen LogP contribution in [0.5, 0.6) is 0 Å². The third-order valence-electron chi connectivity index (χ3n) is 3.27. The molecule has 0 radical (unpaired) electrons. The van der Waals surface area contributed by atoms with E-state index in [-0.39, 0.29) is 16.0 Å². The van der Waals surface area contributed by atoms with Gasteiger partial charge in [-0.05, 0) is 37.6 Å². The molecule has 0 aliphatic carbocycles. The maximum Gasteiger partial charge on any atom is 0.365 e. The van der Waals surface area contributed by atoms with Crippen LogP contribution >= 0.6 is 11.8 Å². The molecule has 0 spiro atoms. The number of hydrogen-bond donors (Lipinski definition) is 1. The first-order chi connectivity index (χ1) is 11.0.